The van der Waals surface area contributed by atoms with Gasteiger partial charge in [0.25, 0.3) is 5.56 Å². The van der Waals surface area contributed by atoms with Crippen molar-refractivity contribution in [3.8, 4) is 11.4 Å². The van der Waals surface area contributed by atoms with E-state index < -0.39 is 18.0 Å². The Hall–Kier alpha value is -2.90. The summed E-state index contributed by atoms with van der Waals surface area (Å²) in [5.41, 5.74) is 2.37. The number of fused-ring (bicyclic) bond motifs is 1. The van der Waals surface area contributed by atoms with Crippen LogP contribution >= 0.6 is 23.4 Å². The van der Waals surface area contributed by atoms with Gasteiger partial charge in [0.1, 0.15) is 5.75 Å². The number of hydrogen-bond donors (Lipinski definition) is 0. The third kappa shape index (κ3) is 4.80. The Kier molecular flexibility index (Phi) is 6.32. The van der Waals surface area contributed by atoms with Gasteiger partial charge in [0.15, 0.2) is 0 Å². The fourth-order valence-electron chi connectivity index (χ4n) is 4.38. The van der Waals surface area contributed by atoms with Gasteiger partial charge in [0.05, 0.1) is 24.2 Å². The fourth-order valence-corrected chi connectivity index (χ4v) is 5.58. The van der Waals surface area contributed by atoms with E-state index in [2.05, 4.69) is 12.1 Å². The Labute approximate surface area is 209 Å². The number of pyridine rings is 1. The highest BCUT2D eigenvalue weighted by molar-refractivity contribution is 7.98. The largest absolute Gasteiger partial charge is 0.495 e. The molecule has 4 aromatic rings. The molecule has 1 aliphatic carbocycles. The summed E-state index contributed by atoms with van der Waals surface area (Å²) >= 11 is 8.14. The lowest BCUT2D eigenvalue weighted by Crippen LogP contribution is -2.18. The van der Waals surface area contributed by atoms with Gasteiger partial charge in [0, 0.05) is 21.7 Å². The molecule has 0 bridgehead atoms. The van der Waals surface area contributed by atoms with Gasteiger partial charge in [-0.05, 0) is 65.3 Å². The molecule has 1 aliphatic rings. The lowest BCUT2D eigenvalue weighted by Gasteiger charge is -2.17. The van der Waals surface area contributed by atoms with E-state index in [-0.39, 0.29) is 17.0 Å². The molecule has 0 saturated heterocycles. The molecule has 0 spiro atoms. The second-order valence-electron chi connectivity index (χ2n) is 8.54. The molecule has 0 N–H and O–H groups in total. The molecule has 2 atom stereocenters. The van der Waals surface area contributed by atoms with Gasteiger partial charge in [-0.1, -0.05) is 41.9 Å². The second kappa shape index (κ2) is 9.28. The van der Waals surface area contributed by atoms with Crippen molar-refractivity contribution in [1.29, 1.82) is 0 Å². The van der Waals surface area contributed by atoms with Crippen LogP contribution in [0.2, 0.25) is 5.02 Å². The number of aromatic nitrogens is 1. The lowest BCUT2D eigenvalue weighted by atomic mass is 10.1. The molecular weight excluding hydrogens is 495 g/mol. The number of thioether (sulfide) groups is 1. The molecule has 1 aromatic heterocycles. The molecular formula is C27H21ClF3NO2S. The zero-order valence-corrected chi connectivity index (χ0v) is 20.3. The smallest absolute Gasteiger partial charge is 0.392 e. The second-order valence-corrected chi connectivity index (χ2v) is 9.99. The van der Waals surface area contributed by atoms with Crippen LogP contribution in [0.25, 0.3) is 16.6 Å². The number of rotatable bonds is 6. The van der Waals surface area contributed by atoms with E-state index >= 15 is 0 Å². The predicted molar refractivity (Wildman–Crippen MR) is 134 cm³/mol. The van der Waals surface area contributed by atoms with Crippen molar-refractivity contribution >= 4 is 34.3 Å². The third-order valence-electron chi connectivity index (χ3n) is 6.26. The number of hydrogen-bond acceptors (Lipinski definition) is 3. The first-order valence-corrected chi connectivity index (χ1v) is 12.4. The van der Waals surface area contributed by atoms with Crippen molar-refractivity contribution in [2.75, 3.05) is 7.11 Å². The van der Waals surface area contributed by atoms with Gasteiger partial charge in [-0.3, -0.25) is 9.36 Å². The highest BCUT2D eigenvalue weighted by Crippen LogP contribution is 2.58. The quantitative estimate of drug-likeness (QED) is 0.248. The monoisotopic (exact) mass is 515 g/mol. The fraction of sp³-hybridized carbons (Fsp3) is 0.222. The maximum atomic E-state index is 13.1. The topological polar surface area (TPSA) is 31.2 Å². The van der Waals surface area contributed by atoms with Crippen molar-refractivity contribution < 1.29 is 17.9 Å². The van der Waals surface area contributed by atoms with E-state index in [1.165, 1.54) is 35.4 Å². The summed E-state index contributed by atoms with van der Waals surface area (Å²) in [7, 11) is 1.43. The molecule has 35 heavy (non-hydrogen) atoms. The Bertz CT molecular complexity index is 1450. The normalized spacial score (nSPS) is 17.5. The third-order valence-corrected chi connectivity index (χ3v) is 7.66. The van der Waals surface area contributed by atoms with Gasteiger partial charge in [0.2, 0.25) is 0 Å². The van der Waals surface area contributed by atoms with Crippen LogP contribution < -0.4 is 10.3 Å². The molecule has 1 fully saturated rings. The summed E-state index contributed by atoms with van der Waals surface area (Å²) in [5, 5.41) is 1.04. The Balaban J connectivity index is 1.52. The van der Waals surface area contributed by atoms with Crippen LogP contribution in [0.1, 0.15) is 23.5 Å². The van der Waals surface area contributed by atoms with Crippen molar-refractivity contribution in [2.45, 2.75) is 29.2 Å². The van der Waals surface area contributed by atoms with E-state index in [0.29, 0.717) is 22.5 Å². The lowest BCUT2D eigenvalue weighted by molar-refractivity contribution is -0.148. The number of ether oxygens (including phenoxy) is 1. The summed E-state index contributed by atoms with van der Waals surface area (Å²) < 4.78 is 46.4. The number of nitrogens with zero attached hydrogens (tertiary/aromatic N) is 1. The number of benzene rings is 3. The SMILES string of the molecule is COc1cc(C2C[C@H]2C(F)(F)F)c(Cl)cc1-n1c(=O)ccc2cc(SCc3ccccc3)ccc21. The molecule has 3 nitrogen and oxygen atoms in total. The van der Waals surface area contributed by atoms with E-state index in [1.807, 2.05) is 36.4 Å². The number of alkyl halides is 3. The molecule has 180 valence electrons. The maximum absolute atomic E-state index is 13.1. The van der Waals surface area contributed by atoms with Crippen LogP contribution in [0.5, 0.6) is 5.75 Å². The summed E-state index contributed by atoms with van der Waals surface area (Å²) in [5.74, 6) is -0.979. The summed E-state index contributed by atoms with van der Waals surface area (Å²) in [4.78, 5) is 14.0. The molecule has 5 rings (SSSR count). The van der Waals surface area contributed by atoms with Gasteiger partial charge in [-0.2, -0.15) is 13.2 Å². The molecule has 8 heteroatoms. The van der Waals surface area contributed by atoms with Crippen molar-refractivity contribution in [2.24, 2.45) is 5.92 Å². The van der Waals surface area contributed by atoms with Crippen LogP contribution in [0.4, 0.5) is 13.2 Å². The van der Waals surface area contributed by atoms with E-state index in [1.54, 1.807) is 17.8 Å². The minimum absolute atomic E-state index is 0.00334. The van der Waals surface area contributed by atoms with Crippen LogP contribution in [0, 0.1) is 5.92 Å². The predicted octanol–water partition coefficient (Wildman–Crippen LogP) is 7.61. The van der Waals surface area contributed by atoms with Crippen molar-refractivity contribution in [1.82, 2.24) is 4.57 Å². The zero-order chi connectivity index (χ0) is 24.7. The van der Waals surface area contributed by atoms with Crippen molar-refractivity contribution in [3.63, 3.8) is 0 Å². The molecule has 3 aromatic carbocycles. The van der Waals surface area contributed by atoms with Crippen LogP contribution in [-0.2, 0) is 5.75 Å². The highest BCUT2D eigenvalue weighted by Gasteiger charge is 2.56. The first-order chi connectivity index (χ1) is 16.8. The Morgan fingerprint density at radius 3 is 2.51 bits per heavy atom. The van der Waals surface area contributed by atoms with E-state index in [4.69, 9.17) is 16.3 Å². The minimum Gasteiger partial charge on any atom is -0.495 e. The summed E-state index contributed by atoms with van der Waals surface area (Å²) in [6.07, 6.45) is -4.26. The van der Waals surface area contributed by atoms with Gasteiger partial charge < -0.3 is 4.74 Å². The average molecular weight is 516 g/mol. The van der Waals surface area contributed by atoms with Crippen LogP contribution in [0.15, 0.2) is 82.5 Å². The first-order valence-electron chi connectivity index (χ1n) is 11.0. The first kappa shape index (κ1) is 23.8. The maximum Gasteiger partial charge on any atom is 0.392 e. The molecule has 0 aliphatic heterocycles. The number of methoxy groups -OCH3 is 1. The zero-order valence-electron chi connectivity index (χ0n) is 18.7. The van der Waals surface area contributed by atoms with E-state index in [0.717, 1.165) is 16.0 Å². The van der Waals surface area contributed by atoms with Gasteiger partial charge in [-0.25, -0.2) is 0 Å². The van der Waals surface area contributed by atoms with E-state index in [9.17, 15) is 18.0 Å². The highest BCUT2D eigenvalue weighted by atomic mass is 35.5. The standard InChI is InChI=1S/C27H21ClF3NO2S/c1-34-25-13-20(19-12-21(19)27(29,30)31)22(28)14-24(25)32-23-9-8-18(11-17(23)7-10-26(32)33)35-15-16-5-3-2-4-6-16/h2-11,13-14,19,21H,12,15H2,1H3/t19?,21-/m1/s1. The molecule has 0 radical (unpaired) electrons. The molecule has 1 heterocycles. The molecule has 1 unspecified atom stereocenters. The van der Waals surface area contributed by atoms with Gasteiger partial charge >= 0.3 is 6.18 Å². The van der Waals surface area contributed by atoms with Gasteiger partial charge in [-0.15, -0.1) is 11.8 Å². The average Bonchev–Trinajstić information content (AvgIpc) is 3.65. The summed E-state index contributed by atoms with van der Waals surface area (Å²) in [6.45, 7) is 0. The Morgan fingerprint density at radius 2 is 1.83 bits per heavy atom. The van der Waals surface area contributed by atoms with Crippen molar-refractivity contribution in [3.05, 3.63) is 99.3 Å². The number of halogens is 4. The summed E-state index contributed by atoms with van der Waals surface area (Å²) in [6, 6.07) is 22.3. The minimum atomic E-state index is -4.26. The molecule has 0 amide bonds. The molecule has 1 saturated carbocycles. The van der Waals surface area contributed by atoms with Crippen LogP contribution in [-0.4, -0.2) is 17.9 Å². The Morgan fingerprint density at radius 1 is 1.06 bits per heavy atom. The van der Waals surface area contributed by atoms with Crippen LogP contribution in [0.3, 0.4) is 0 Å².